The fourth-order valence-corrected chi connectivity index (χ4v) is 2.57. The number of thiophene rings is 1. The Morgan fingerprint density at radius 2 is 2.05 bits per heavy atom. The number of ether oxygens (including phenoxy) is 1. The van der Waals surface area contributed by atoms with Crippen molar-refractivity contribution in [2.45, 2.75) is 13.5 Å². The largest absolute Gasteiger partial charge is 0.487 e. The molecular weight excluding hydrogens is 290 g/mol. The van der Waals surface area contributed by atoms with Crippen LogP contribution in [0.15, 0.2) is 35.7 Å². The van der Waals surface area contributed by atoms with Crippen molar-refractivity contribution in [3.8, 4) is 5.75 Å². The van der Waals surface area contributed by atoms with E-state index in [1.54, 1.807) is 29.6 Å². The van der Waals surface area contributed by atoms with E-state index in [1.807, 2.05) is 6.07 Å². The monoisotopic (exact) mass is 305 g/mol. The lowest BCUT2D eigenvalue weighted by Gasteiger charge is -2.11. The van der Waals surface area contributed by atoms with Gasteiger partial charge in [-0.3, -0.25) is 15.0 Å². The Kier molecular flexibility index (Phi) is 4.91. The molecule has 2 amide bonds. The van der Waals surface area contributed by atoms with Crippen LogP contribution in [-0.2, 0) is 11.4 Å². The molecule has 0 atom stereocenters. The van der Waals surface area contributed by atoms with E-state index in [2.05, 4.69) is 10.7 Å². The predicted octanol–water partition coefficient (Wildman–Crippen LogP) is 1.89. The summed E-state index contributed by atoms with van der Waals surface area (Å²) < 4.78 is 5.69. The van der Waals surface area contributed by atoms with Crippen LogP contribution in [0.25, 0.3) is 0 Å². The number of amides is 2. The third-order valence-corrected chi connectivity index (χ3v) is 3.62. The standard InChI is InChI=1S/C14H15N3O3S/c1-9(18)16-11-4-2-3-5-12(11)20-8-10-6-7-21-13(10)14(19)17-15/h2-7H,8,15H2,1H3,(H,16,18)(H,17,19). The maximum absolute atomic E-state index is 11.6. The molecule has 0 saturated carbocycles. The lowest BCUT2D eigenvalue weighted by atomic mass is 10.2. The zero-order chi connectivity index (χ0) is 15.2. The lowest BCUT2D eigenvalue weighted by molar-refractivity contribution is -0.114. The fourth-order valence-electron chi connectivity index (χ4n) is 1.76. The van der Waals surface area contributed by atoms with Gasteiger partial charge in [0.1, 0.15) is 12.4 Å². The molecule has 6 nitrogen and oxygen atoms in total. The molecule has 2 rings (SSSR count). The Bertz CT molecular complexity index is 654. The van der Waals surface area contributed by atoms with Crippen LogP contribution in [0.4, 0.5) is 5.69 Å². The van der Waals surface area contributed by atoms with Gasteiger partial charge in [0.15, 0.2) is 0 Å². The Hall–Kier alpha value is -2.38. The Balaban J connectivity index is 2.12. The molecule has 0 aliphatic carbocycles. The van der Waals surface area contributed by atoms with Gasteiger partial charge >= 0.3 is 0 Å². The number of nitrogens with two attached hydrogens (primary N) is 1. The van der Waals surface area contributed by atoms with Crippen molar-refractivity contribution in [2.75, 3.05) is 5.32 Å². The average molecular weight is 305 g/mol. The molecule has 0 aliphatic rings. The molecule has 21 heavy (non-hydrogen) atoms. The molecule has 110 valence electrons. The van der Waals surface area contributed by atoms with Crippen LogP contribution in [0, 0.1) is 0 Å². The fraction of sp³-hybridized carbons (Fsp3) is 0.143. The number of carbonyl (C=O) groups is 2. The van der Waals surface area contributed by atoms with E-state index in [4.69, 9.17) is 10.6 Å². The summed E-state index contributed by atoms with van der Waals surface area (Å²) in [5.41, 5.74) is 3.43. The number of benzene rings is 1. The summed E-state index contributed by atoms with van der Waals surface area (Å²) in [6.07, 6.45) is 0. The zero-order valence-electron chi connectivity index (χ0n) is 11.4. The first kappa shape index (κ1) is 15.0. The van der Waals surface area contributed by atoms with Gasteiger partial charge in [0, 0.05) is 12.5 Å². The molecule has 0 radical (unpaired) electrons. The Morgan fingerprint density at radius 1 is 1.29 bits per heavy atom. The molecule has 1 aromatic carbocycles. The third kappa shape index (κ3) is 3.80. The molecule has 2 aromatic rings. The number of anilines is 1. The van der Waals surface area contributed by atoms with E-state index in [1.165, 1.54) is 18.3 Å². The second-order valence-corrected chi connectivity index (χ2v) is 5.13. The minimum Gasteiger partial charge on any atom is -0.487 e. The van der Waals surface area contributed by atoms with E-state index in [0.717, 1.165) is 5.56 Å². The van der Waals surface area contributed by atoms with Gasteiger partial charge in [-0.15, -0.1) is 11.3 Å². The van der Waals surface area contributed by atoms with Crippen molar-refractivity contribution in [3.05, 3.63) is 46.2 Å². The molecule has 0 aliphatic heterocycles. The van der Waals surface area contributed by atoms with Crippen molar-refractivity contribution in [2.24, 2.45) is 5.84 Å². The number of nitrogen functional groups attached to an aromatic ring is 1. The number of rotatable bonds is 5. The first-order valence-electron chi connectivity index (χ1n) is 6.18. The molecule has 1 aromatic heterocycles. The average Bonchev–Trinajstić information content (AvgIpc) is 2.93. The maximum atomic E-state index is 11.6. The van der Waals surface area contributed by atoms with E-state index in [9.17, 15) is 9.59 Å². The Labute approximate surface area is 125 Å². The van der Waals surface area contributed by atoms with Gasteiger partial charge < -0.3 is 10.1 Å². The molecule has 0 fully saturated rings. The van der Waals surface area contributed by atoms with Gasteiger partial charge in [0.05, 0.1) is 10.6 Å². The Morgan fingerprint density at radius 3 is 2.76 bits per heavy atom. The van der Waals surface area contributed by atoms with Crippen molar-refractivity contribution in [1.29, 1.82) is 0 Å². The smallest absolute Gasteiger partial charge is 0.275 e. The van der Waals surface area contributed by atoms with Crippen LogP contribution in [0.5, 0.6) is 5.75 Å². The predicted molar refractivity (Wildman–Crippen MR) is 81.1 cm³/mol. The topological polar surface area (TPSA) is 93.4 Å². The van der Waals surface area contributed by atoms with E-state index in [0.29, 0.717) is 16.3 Å². The number of para-hydroxylation sites is 2. The van der Waals surface area contributed by atoms with Crippen molar-refractivity contribution >= 4 is 28.8 Å². The number of hydrazine groups is 1. The highest BCUT2D eigenvalue weighted by molar-refractivity contribution is 7.12. The maximum Gasteiger partial charge on any atom is 0.275 e. The van der Waals surface area contributed by atoms with Crippen LogP contribution >= 0.6 is 11.3 Å². The first-order valence-corrected chi connectivity index (χ1v) is 7.06. The molecule has 0 spiro atoms. The molecule has 4 N–H and O–H groups in total. The van der Waals surface area contributed by atoms with E-state index in [-0.39, 0.29) is 18.4 Å². The van der Waals surface area contributed by atoms with Crippen LogP contribution in [-0.4, -0.2) is 11.8 Å². The van der Waals surface area contributed by atoms with Crippen LogP contribution in [0.2, 0.25) is 0 Å². The van der Waals surface area contributed by atoms with Crippen molar-refractivity contribution in [1.82, 2.24) is 5.43 Å². The minimum absolute atomic E-state index is 0.176. The minimum atomic E-state index is -0.348. The summed E-state index contributed by atoms with van der Waals surface area (Å²) in [6, 6.07) is 8.91. The molecule has 0 saturated heterocycles. The van der Waals surface area contributed by atoms with Gasteiger partial charge in [-0.25, -0.2) is 5.84 Å². The highest BCUT2D eigenvalue weighted by Gasteiger charge is 2.13. The van der Waals surface area contributed by atoms with Gasteiger partial charge in [0.2, 0.25) is 5.91 Å². The number of hydrogen-bond acceptors (Lipinski definition) is 5. The molecule has 7 heteroatoms. The normalized spacial score (nSPS) is 10.0. The summed E-state index contributed by atoms with van der Waals surface area (Å²) >= 11 is 1.29. The number of nitrogens with one attached hydrogen (secondary N) is 2. The SMILES string of the molecule is CC(=O)Nc1ccccc1OCc1ccsc1C(=O)NN. The summed E-state index contributed by atoms with van der Waals surface area (Å²) in [5.74, 6) is 5.15. The van der Waals surface area contributed by atoms with Gasteiger partial charge in [0.25, 0.3) is 5.91 Å². The third-order valence-electron chi connectivity index (χ3n) is 2.67. The van der Waals surface area contributed by atoms with E-state index < -0.39 is 0 Å². The van der Waals surface area contributed by atoms with Crippen molar-refractivity contribution in [3.63, 3.8) is 0 Å². The van der Waals surface area contributed by atoms with Gasteiger partial charge in [-0.1, -0.05) is 12.1 Å². The number of carbonyl (C=O) groups excluding carboxylic acids is 2. The van der Waals surface area contributed by atoms with Crippen LogP contribution in [0.3, 0.4) is 0 Å². The van der Waals surface area contributed by atoms with E-state index >= 15 is 0 Å². The second kappa shape index (κ2) is 6.87. The zero-order valence-corrected chi connectivity index (χ0v) is 12.2. The second-order valence-electron chi connectivity index (χ2n) is 4.21. The van der Waals surface area contributed by atoms with Crippen LogP contribution < -0.4 is 21.3 Å². The molecule has 1 heterocycles. The molecule has 0 bridgehead atoms. The van der Waals surface area contributed by atoms with Gasteiger partial charge in [-0.05, 0) is 23.6 Å². The van der Waals surface area contributed by atoms with Crippen LogP contribution in [0.1, 0.15) is 22.2 Å². The summed E-state index contributed by atoms with van der Waals surface area (Å²) in [4.78, 5) is 23.2. The quantitative estimate of drug-likeness (QED) is 0.447. The molecular formula is C14H15N3O3S. The molecule has 0 unspecified atom stereocenters. The summed E-state index contributed by atoms with van der Waals surface area (Å²) in [6.45, 7) is 1.64. The lowest BCUT2D eigenvalue weighted by Crippen LogP contribution is -2.30. The highest BCUT2D eigenvalue weighted by atomic mass is 32.1. The van der Waals surface area contributed by atoms with Crippen molar-refractivity contribution < 1.29 is 14.3 Å². The summed E-state index contributed by atoms with van der Waals surface area (Å²) in [7, 11) is 0. The number of hydrogen-bond donors (Lipinski definition) is 3. The van der Waals surface area contributed by atoms with Gasteiger partial charge in [-0.2, -0.15) is 0 Å². The first-order chi connectivity index (χ1) is 10.1. The highest BCUT2D eigenvalue weighted by Crippen LogP contribution is 2.26. The summed E-state index contributed by atoms with van der Waals surface area (Å²) in [5, 5.41) is 4.49.